The number of ether oxygens (including phenoxy) is 1. The number of rotatable bonds is 14. The minimum absolute atomic E-state index is 0.0121. The molecule has 39 heavy (non-hydrogen) atoms. The zero-order chi connectivity index (χ0) is 29.2. The van der Waals surface area contributed by atoms with Crippen molar-refractivity contribution in [1.82, 2.24) is 15.8 Å². The van der Waals surface area contributed by atoms with Crippen LogP contribution in [0.2, 0.25) is 0 Å². The number of hydrogen-bond donors (Lipinski definition) is 5. The van der Waals surface area contributed by atoms with E-state index in [0.29, 0.717) is 12.8 Å². The Bertz CT molecular complexity index is 1010. The minimum atomic E-state index is -1.06. The van der Waals surface area contributed by atoms with Crippen molar-refractivity contribution in [3.63, 3.8) is 0 Å². The lowest BCUT2D eigenvalue weighted by Gasteiger charge is -2.41. The van der Waals surface area contributed by atoms with Gasteiger partial charge in [-0.2, -0.15) is 0 Å². The zero-order valence-corrected chi connectivity index (χ0v) is 24.0. The van der Waals surface area contributed by atoms with Gasteiger partial charge < -0.3 is 26.0 Å². The van der Waals surface area contributed by atoms with Crippen molar-refractivity contribution >= 4 is 12.0 Å². The molecule has 6 N–H and O–H groups in total. The van der Waals surface area contributed by atoms with Crippen LogP contribution in [-0.4, -0.2) is 69.7 Å². The van der Waals surface area contributed by atoms with Crippen LogP contribution < -0.4 is 16.5 Å². The van der Waals surface area contributed by atoms with Crippen LogP contribution in [0.5, 0.6) is 0 Å². The van der Waals surface area contributed by atoms with Crippen LogP contribution in [0.4, 0.5) is 4.79 Å². The van der Waals surface area contributed by atoms with Gasteiger partial charge in [-0.25, -0.2) is 9.80 Å². The van der Waals surface area contributed by atoms with Gasteiger partial charge >= 0.3 is 6.09 Å². The van der Waals surface area contributed by atoms with Gasteiger partial charge in [-0.15, -0.1) is 0 Å². The average molecular weight is 543 g/mol. The zero-order valence-electron chi connectivity index (χ0n) is 24.0. The van der Waals surface area contributed by atoms with E-state index < -0.39 is 47.9 Å². The maximum atomic E-state index is 12.6. The average Bonchev–Trinajstić information content (AvgIpc) is 2.84. The number of hydrazine groups is 1. The van der Waals surface area contributed by atoms with Gasteiger partial charge in [-0.05, 0) is 57.6 Å². The van der Waals surface area contributed by atoms with Crippen LogP contribution in [0, 0.1) is 5.92 Å². The fourth-order valence-electron chi connectivity index (χ4n) is 4.52. The van der Waals surface area contributed by atoms with Gasteiger partial charge in [0, 0.05) is 6.54 Å². The largest absolute Gasteiger partial charge is 0.444 e. The number of carbonyl (C=O) groups excluding carboxylic acids is 2. The Morgan fingerprint density at radius 2 is 1.44 bits per heavy atom. The molecule has 2 aromatic carbocycles. The Morgan fingerprint density at radius 1 is 0.923 bits per heavy atom. The molecule has 0 saturated carbocycles. The first-order chi connectivity index (χ1) is 18.3. The third-order valence-corrected chi connectivity index (χ3v) is 6.37. The molecule has 2 amide bonds. The molecule has 0 fully saturated rings. The summed E-state index contributed by atoms with van der Waals surface area (Å²) in [5, 5.41) is 26.5. The molecule has 0 aliphatic rings. The number of carbonyl (C=O) groups is 2. The van der Waals surface area contributed by atoms with E-state index in [1.807, 2.05) is 74.5 Å². The van der Waals surface area contributed by atoms with Crippen molar-refractivity contribution in [2.75, 3.05) is 6.54 Å². The summed E-state index contributed by atoms with van der Waals surface area (Å²) in [6.07, 6.45) is -1.72. The van der Waals surface area contributed by atoms with Gasteiger partial charge in [0.25, 0.3) is 0 Å². The van der Waals surface area contributed by atoms with Crippen molar-refractivity contribution in [3.8, 4) is 0 Å². The molecule has 0 spiro atoms. The number of nitrogens with one attached hydrogen (secondary N) is 2. The molecule has 0 heterocycles. The number of alkyl carbamates (subject to hydrolysis) is 1. The summed E-state index contributed by atoms with van der Waals surface area (Å²) in [6, 6.07) is 17.2. The molecule has 0 radical (unpaired) electrons. The first kappa shape index (κ1) is 32.2. The highest BCUT2D eigenvalue weighted by atomic mass is 16.6. The molecule has 9 heteroatoms. The molecular weight excluding hydrogens is 496 g/mol. The van der Waals surface area contributed by atoms with Gasteiger partial charge in [0.1, 0.15) is 11.6 Å². The highest BCUT2D eigenvalue weighted by Gasteiger charge is 2.36. The second kappa shape index (κ2) is 15.0. The maximum absolute atomic E-state index is 12.6. The van der Waals surface area contributed by atoms with E-state index in [1.165, 1.54) is 0 Å². The summed E-state index contributed by atoms with van der Waals surface area (Å²) < 4.78 is 5.43. The molecule has 0 saturated heterocycles. The van der Waals surface area contributed by atoms with Crippen molar-refractivity contribution in [2.45, 2.75) is 90.3 Å². The number of aliphatic hydroxyl groups excluding tert-OH is 2. The SMILES string of the molecule is CC(O)C(Cc1ccccc1)N(NCC(O)C(Cc1ccccc1)NC(=O)OC(C)(C)C)[C@H](C(N)=O)C(C)C. The first-order valence-electron chi connectivity index (χ1n) is 13.5. The number of primary amides is 1. The van der Waals surface area contributed by atoms with Gasteiger partial charge in [0.05, 0.1) is 24.3 Å². The molecule has 0 aliphatic carbocycles. The standard InChI is InChI=1S/C30H46N4O5/c1-20(2)27(28(31)37)34(25(21(3)35)18-23-15-11-8-12-16-23)32-19-26(36)24(17-22-13-9-7-10-14-22)33-29(38)39-30(4,5)6/h7-16,20-21,24-27,32,35-36H,17-19H2,1-6H3,(H2,31,37)(H,33,38)/t21?,24?,25?,26?,27-/m0/s1. The number of nitrogens with two attached hydrogens (primary N) is 1. The molecule has 0 aromatic heterocycles. The molecule has 2 rings (SSSR count). The summed E-state index contributed by atoms with van der Waals surface area (Å²) in [5.74, 6) is -0.720. The van der Waals surface area contributed by atoms with E-state index in [0.717, 1.165) is 11.1 Å². The number of aliphatic hydroxyl groups is 2. The second-order valence-electron chi connectivity index (χ2n) is 11.4. The predicted octanol–water partition coefficient (Wildman–Crippen LogP) is 2.79. The van der Waals surface area contributed by atoms with E-state index >= 15 is 0 Å². The van der Waals surface area contributed by atoms with E-state index in [9.17, 15) is 19.8 Å². The van der Waals surface area contributed by atoms with Crippen LogP contribution in [0.3, 0.4) is 0 Å². The van der Waals surface area contributed by atoms with Crippen LogP contribution in [-0.2, 0) is 22.4 Å². The Labute approximate surface area is 232 Å². The topological polar surface area (TPSA) is 137 Å². The maximum Gasteiger partial charge on any atom is 0.407 e. The molecule has 216 valence electrons. The number of nitrogens with zero attached hydrogens (tertiary/aromatic N) is 1. The molecule has 4 unspecified atom stereocenters. The number of hydrogen-bond acceptors (Lipinski definition) is 7. The Balaban J connectivity index is 2.31. The molecule has 0 aliphatic heterocycles. The molecule has 0 bridgehead atoms. The fraction of sp³-hybridized carbons (Fsp3) is 0.533. The number of amides is 2. The van der Waals surface area contributed by atoms with Gasteiger partial charge in [-0.3, -0.25) is 10.2 Å². The van der Waals surface area contributed by atoms with E-state index in [4.69, 9.17) is 10.5 Å². The molecule has 9 nitrogen and oxygen atoms in total. The van der Waals surface area contributed by atoms with Crippen molar-refractivity contribution in [1.29, 1.82) is 0 Å². The van der Waals surface area contributed by atoms with Crippen LogP contribution in [0.15, 0.2) is 60.7 Å². The van der Waals surface area contributed by atoms with Crippen molar-refractivity contribution in [2.24, 2.45) is 11.7 Å². The minimum Gasteiger partial charge on any atom is -0.444 e. The smallest absolute Gasteiger partial charge is 0.407 e. The predicted molar refractivity (Wildman–Crippen MR) is 153 cm³/mol. The summed E-state index contributed by atoms with van der Waals surface area (Å²) in [5.41, 5.74) is 10.2. The normalized spacial score (nSPS) is 15.8. The van der Waals surface area contributed by atoms with Gasteiger partial charge in [0.15, 0.2) is 0 Å². The molecule has 5 atom stereocenters. The van der Waals surface area contributed by atoms with E-state index in [2.05, 4.69) is 10.7 Å². The Morgan fingerprint density at radius 3 is 1.87 bits per heavy atom. The summed E-state index contributed by atoms with van der Waals surface area (Å²) in [6.45, 7) is 10.7. The van der Waals surface area contributed by atoms with Crippen LogP contribution >= 0.6 is 0 Å². The van der Waals surface area contributed by atoms with Gasteiger partial charge in [0.2, 0.25) is 5.91 Å². The summed E-state index contributed by atoms with van der Waals surface area (Å²) in [4.78, 5) is 25.2. The lowest BCUT2D eigenvalue weighted by Crippen LogP contribution is -2.63. The highest BCUT2D eigenvalue weighted by molar-refractivity contribution is 5.80. The molecule has 2 aromatic rings. The van der Waals surface area contributed by atoms with Crippen molar-refractivity contribution in [3.05, 3.63) is 71.8 Å². The van der Waals surface area contributed by atoms with Gasteiger partial charge in [-0.1, -0.05) is 74.5 Å². The lowest BCUT2D eigenvalue weighted by molar-refractivity contribution is -0.130. The monoisotopic (exact) mass is 542 g/mol. The van der Waals surface area contributed by atoms with Crippen molar-refractivity contribution < 1.29 is 24.5 Å². The lowest BCUT2D eigenvalue weighted by atomic mass is 9.96. The second-order valence-corrected chi connectivity index (χ2v) is 11.4. The van der Waals surface area contributed by atoms with Crippen LogP contribution in [0.1, 0.15) is 52.7 Å². The van der Waals surface area contributed by atoms with Crippen LogP contribution in [0.25, 0.3) is 0 Å². The number of benzene rings is 2. The van der Waals surface area contributed by atoms with E-state index in [-0.39, 0.29) is 12.5 Å². The van der Waals surface area contributed by atoms with E-state index in [1.54, 1.807) is 32.7 Å². The first-order valence-corrected chi connectivity index (χ1v) is 13.5. The Hall–Kier alpha value is -2.98. The molecular formula is C30H46N4O5. The summed E-state index contributed by atoms with van der Waals surface area (Å²) in [7, 11) is 0. The fourth-order valence-corrected chi connectivity index (χ4v) is 4.52. The quantitative estimate of drug-likeness (QED) is 0.232. The summed E-state index contributed by atoms with van der Waals surface area (Å²) >= 11 is 0. The highest BCUT2D eigenvalue weighted by Crippen LogP contribution is 2.19. The third-order valence-electron chi connectivity index (χ3n) is 6.37. The third kappa shape index (κ3) is 11.0. The Kier molecular flexibility index (Phi) is 12.4.